The molecule has 0 radical (unpaired) electrons. The van der Waals surface area contributed by atoms with Crippen LogP contribution in [0.5, 0.6) is 0 Å². The van der Waals surface area contributed by atoms with Crippen LogP contribution in [0.15, 0.2) is 30.3 Å². The molecule has 0 amide bonds. The normalized spacial score (nSPS) is 11.0. The second-order valence-electron chi connectivity index (χ2n) is 4.56. The number of carbonyl (C=O) groups excluding carboxylic acids is 1. The van der Waals surface area contributed by atoms with Gasteiger partial charge in [0.05, 0.1) is 11.5 Å². The SMILES string of the molecule is CC(C)Cc1cc(C(=O)[O-])c2ccccc2n1. The van der Waals surface area contributed by atoms with E-state index in [1.807, 2.05) is 12.1 Å². The number of aromatic nitrogens is 1. The van der Waals surface area contributed by atoms with Gasteiger partial charge in [0, 0.05) is 16.6 Å². The molecule has 0 aliphatic rings. The van der Waals surface area contributed by atoms with E-state index in [0.717, 1.165) is 12.1 Å². The molecule has 2 aromatic rings. The Morgan fingerprint density at radius 2 is 2.06 bits per heavy atom. The summed E-state index contributed by atoms with van der Waals surface area (Å²) in [5.41, 5.74) is 1.74. The van der Waals surface area contributed by atoms with Gasteiger partial charge in [0.15, 0.2) is 0 Å². The predicted molar refractivity (Wildman–Crippen MR) is 64.6 cm³/mol. The average Bonchev–Trinajstić information content (AvgIpc) is 2.27. The maximum Gasteiger partial charge on any atom is 0.0722 e. The van der Waals surface area contributed by atoms with E-state index in [2.05, 4.69) is 18.8 Å². The molecular weight excluding hydrogens is 214 g/mol. The lowest BCUT2D eigenvalue weighted by Crippen LogP contribution is -2.23. The first-order valence-electron chi connectivity index (χ1n) is 5.68. The lowest BCUT2D eigenvalue weighted by Gasteiger charge is -2.11. The van der Waals surface area contributed by atoms with Crippen LogP contribution in [0.3, 0.4) is 0 Å². The Morgan fingerprint density at radius 1 is 1.35 bits per heavy atom. The minimum atomic E-state index is -1.14. The van der Waals surface area contributed by atoms with E-state index in [4.69, 9.17) is 0 Å². The highest BCUT2D eigenvalue weighted by Gasteiger charge is 2.07. The highest BCUT2D eigenvalue weighted by molar-refractivity contribution is 6.01. The molecule has 0 saturated heterocycles. The van der Waals surface area contributed by atoms with Gasteiger partial charge in [0.2, 0.25) is 0 Å². The summed E-state index contributed by atoms with van der Waals surface area (Å²) in [5, 5.41) is 11.8. The predicted octanol–water partition coefficient (Wildman–Crippen LogP) is 1.80. The summed E-state index contributed by atoms with van der Waals surface area (Å²) in [6, 6.07) is 8.86. The molecule has 88 valence electrons. The summed E-state index contributed by atoms with van der Waals surface area (Å²) >= 11 is 0. The number of hydrogen-bond donors (Lipinski definition) is 0. The van der Waals surface area contributed by atoms with Crippen molar-refractivity contribution < 1.29 is 9.90 Å². The standard InChI is InChI=1S/C14H15NO2/c1-9(2)7-10-8-12(14(16)17)11-5-3-4-6-13(11)15-10/h3-6,8-9H,7H2,1-2H3,(H,16,17)/p-1. The molecule has 0 atom stereocenters. The van der Waals surface area contributed by atoms with Crippen molar-refractivity contribution in [2.45, 2.75) is 20.3 Å². The van der Waals surface area contributed by atoms with E-state index >= 15 is 0 Å². The molecule has 0 bridgehead atoms. The van der Waals surface area contributed by atoms with E-state index in [1.165, 1.54) is 0 Å². The molecule has 3 heteroatoms. The second-order valence-corrected chi connectivity index (χ2v) is 4.56. The minimum absolute atomic E-state index is 0.228. The molecule has 0 fully saturated rings. The fourth-order valence-electron chi connectivity index (χ4n) is 1.92. The van der Waals surface area contributed by atoms with Crippen molar-refractivity contribution in [2.24, 2.45) is 5.92 Å². The van der Waals surface area contributed by atoms with Gasteiger partial charge < -0.3 is 9.90 Å². The summed E-state index contributed by atoms with van der Waals surface area (Å²) < 4.78 is 0. The van der Waals surface area contributed by atoms with Gasteiger partial charge in [-0.3, -0.25) is 4.98 Å². The van der Waals surface area contributed by atoms with E-state index < -0.39 is 5.97 Å². The van der Waals surface area contributed by atoms with Gasteiger partial charge in [0.1, 0.15) is 0 Å². The maximum absolute atomic E-state index is 11.1. The van der Waals surface area contributed by atoms with Gasteiger partial charge in [-0.05, 0) is 24.5 Å². The number of aromatic carboxylic acids is 1. The Balaban J connectivity index is 2.63. The molecule has 0 saturated carbocycles. The molecular formula is C14H14NO2-. The van der Waals surface area contributed by atoms with Crippen LogP contribution in [0.1, 0.15) is 29.9 Å². The quantitative estimate of drug-likeness (QED) is 0.804. The van der Waals surface area contributed by atoms with E-state index in [0.29, 0.717) is 16.8 Å². The highest BCUT2D eigenvalue weighted by atomic mass is 16.4. The van der Waals surface area contributed by atoms with Gasteiger partial charge >= 0.3 is 0 Å². The largest absolute Gasteiger partial charge is 0.545 e. The molecule has 0 aliphatic heterocycles. The van der Waals surface area contributed by atoms with Crippen LogP contribution in [0.25, 0.3) is 10.9 Å². The third kappa shape index (κ3) is 2.44. The van der Waals surface area contributed by atoms with Crippen LogP contribution in [-0.2, 0) is 6.42 Å². The zero-order valence-corrected chi connectivity index (χ0v) is 9.93. The first-order valence-corrected chi connectivity index (χ1v) is 5.68. The van der Waals surface area contributed by atoms with Crippen LogP contribution < -0.4 is 5.11 Å². The summed E-state index contributed by atoms with van der Waals surface area (Å²) in [5.74, 6) is -0.702. The molecule has 0 unspecified atom stereocenters. The van der Waals surface area contributed by atoms with E-state index in [-0.39, 0.29) is 5.56 Å². The lowest BCUT2D eigenvalue weighted by molar-refractivity contribution is -0.254. The molecule has 1 aromatic carbocycles. The number of rotatable bonds is 3. The third-order valence-corrected chi connectivity index (χ3v) is 2.61. The highest BCUT2D eigenvalue weighted by Crippen LogP contribution is 2.19. The number of carbonyl (C=O) groups is 1. The van der Waals surface area contributed by atoms with E-state index in [9.17, 15) is 9.90 Å². The molecule has 17 heavy (non-hydrogen) atoms. The van der Waals surface area contributed by atoms with Crippen LogP contribution in [0, 0.1) is 5.92 Å². The fraction of sp³-hybridized carbons (Fsp3) is 0.286. The van der Waals surface area contributed by atoms with Gasteiger partial charge in [-0.2, -0.15) is 0 Å². The van der Waals surface area contributed by atoms with Gasteiger partial charge in [-0.1, -0.05) is 32.0 Å². The van der Waals surface area contributed by atoms with Crippen molar-refractivity contribution >= 4 is 16.9 Å². The average molecular weight is 228 g/mol. The molecule has 0 spiro atoms. The Morgan fingerprint density at radius 3 is 2.71 bits per heavy atom. The Hall–Kier alpha value is -1.90. The van der Waals surface area contributed by atoms with Crippen LogP contribution in [-0.4, -0.2) is 11.0 Å². The van der Waals surface area contributed by atoms with Crippen molar-refractivity contribution in [3.05, 3.63) is 41.6 Å². The number of benzene rings is 1. The van der Waals surface area contributed by atoms with Crippen LogP contribution in [0.2, 0.25) is 0 Å². The van der Waals surface area contributed by atoms with Crippen molar-refractivity contribution in [1.29, 1.82) is 0 Å². The number of nitrogens with zero attached hydrogens (tertiary/aromatic N) is 1. The molecule has 1 heterocycles. The van der Waals surface area contributed by atoms with Crippen molar-refractivity contribution in [3.63, 3.8) is 0 Å². The second kappa shape index (κ2) is 4.53. The molecule has 1 aromatic heterocycles. The van der Waals surface area contributed by atoms with Gasteiger partial charge in [-0.15, -0.1) is 0 Å². The molecule has 2 rings (SSSR count). The summed E-state index contributed by atoms with van der Waals surface area (Å²) in [6.07, 6.45) is 0.769. The van der Waals surface area contributed by atoms with Gasteiger partial charge in [-0.25, -0.2) is 0 Å². The summed E-state index contributed by atoms with van der Waals surface area (Å²) in [6.45, 7) is 4.16. The summed E-state index contributed by atoms with van der Waals surface area (Å²) in [7, 11) is 0. The van der Waals surface area contributed by atoms with Crippen molar-refractivity contribution in [1.82, 2.24) is 4.98 Å². The Labute approximate surface area is 100 Å². The maximum atomic E-state index is 11.1. The van der Waals surface area contributed by atoms with Crippen LogP contribution in [0.4, 0.5) is 0 Å². The first kappa shape index (κ1) is 11.6. The summed E-state index contributed by atoms with van der Waals surface area (Å²) in [4.78, 5) is 15.6. The number of carboxylic acids is 1. The smallest absolute Gasteiger partial charge is 0.0722 e. The molecule has 0 N–H and O–H groups in total. The Kier molecular flexibility index (Phi) is 3.09. The Bertz CT molecular complexity index is 561. The number of pyridine rings is 1. The van der Waals surface area contributed by atoms with Gasteiger partial charge in [0.25, 0.3) is 0 Å². The number of para-hydroxylation sites is 1. The van der Waals surface area contributed by atoms with Crippen molar-refractivity contribution in [3.8, 4) is 0 Å². The lowest BCUT2D eigenvalue weighted by atomic mass is 10.0. The zero-order valence-electron chi connectivity index (χ0n) is 9.93. The molecule has 0 aliphatic carbocycles. The number of fused-ring (bicyclic) bond motifs is 1. The topological polar surface area (TPSA) is 53.0 Å². The molecule has 3 nitrogen and oxygen atoms in total. The fourth-order valence-corrected chi connectivity index (χ4v) is 1.92. The number of hydrogen-bond acceptors (Lipinski definition) is 3. The first-order chi connectivity index (χ1) is 8.08. The van der Waals surface area contributed by atoms with Crippen LogP contribution >= 0.6 is 0 Å². The zero-order chi connectivity index (χ0) is 12.4. The third-order valence-electron chi connectivity index (χ3n) is 2.61. The van der Waals surface area contributed by atoms with E-state index in [1.54, 1.807) is 18.2 Å². The minimum Gasteiger partial charge on any atom is -0.545 e. The van der Waals surface area contributed by atoms with Crippen molar-refractivity contribution in [2.75, 3.05) is 0 Å². The monoisotopic (exact) mass is 228 g/mol. The number of carboxylic acid groups (broad SMARTS) is 1.